The molecule has 2 N–H and O–H groups in total. The predicted octanol–water partition coefficient (Wildman–Crippen LogP) is 2.79. The molecule has 0 saturated carbocycles. The van der Waals surface area contributed by atoms with Gasteiger partial charge in [0.05, 0.1) is 10.6 Å². The summed E-state index contributed by atoms with van der Waals surface area (Å²) in [6, 6.07) is 4.15. The first-order valence-electron chi connectivity index (χ1n) is 4.93. The van der Waals surface area contributed by atoms with Crippen molar-refractivity contribution in [2.45, 2.75) is 19.4 Å². The number of carbonyl (C=O) groups is 1. The Labute approximate surface area is 104 Å². The Morgan fingerprint density at radius 1 is 1.56 bits per heavy atom. The topological polar surface area (TPSA) is 49.3 Å². The van der Waals surface area contributed by atoms with Crippen LogP contribution in [0.2, 0.25) is 5.02 Å². The molecule has 5 heteroatoms. The molecule has 0 fully saturated rings. The number of hydrogen-bond acceptors (Lipinski definition) is 2. The smallest absolute Gasteiger partial charge is 0.253 e. The summed E-state index contributed by atoms with van der Waals surface area (Å²) in [6.45, 7) is 1.93. The van der Waals surface area contributed by atoms with Crippen molar-refractivity contribution >= 4 is 29.1 Å². The second-order valence-corrected chi connectivity index (χ2v) is 4.11. The third-order valence-electron chi connectivity index (χ3n) is 2.21. The van der Waals surface area contributed by atoms with Gasteiger partial charge in [0.15, 0.2) is 0 Å². The Hall–Kier alpha value is -0.930. The molecular formula is C11H13Cl2NO2. The fraction of sp³-hybridized carbons (Fsp3) is 0.364. The van der Waals surface area contributed by atoms with E-state index >= 15 is 0 Å². The molecule has 1 unspecified atom stereocenters. The van der Waals surface area contributed by atoms with Crippen LogP contribution in [0.3, 0.4) is 0 Å². The number of carbonyl (C=O) groups excluding carboxylic acids is 1. The molecule has 0 bridgehead atoms. The molecule has 1 rings (SSSR count). The zero-order valence-electron chi connectivity index (χ0n) is 8.84. The van der Waals surface area contributed by atoms with Crippen molar-refractivity contribution in [1.82, 2.24) is 5.32 Å². The van der Waals surface area contributed by atoms with E-state index in [0.717, 1.165) is 6.42 Å². The predicted molar refractivity (Wildman–Crippen MR) is 65.4 cm³/mol. The van der Waals surface area contributed by atoms with Crippen molar-refractivity contribution in [2.24, 2.45) is 0 Å². The first-order chi connectivity index (χ1) is 7.58. The Bertz CT molecular complexity index is 378. The summed E-state index contributed by atoms with van der Waals surface area (Å²) < 4.78 is 0. The normalized spacial score (nSPS) is 12.2. The average molecular weight is 262 g/mol. The van der Waals surface area contributed by atoms with Gasteiger partial charge < -0.3 is 10.4 Å². The van der Waals surface area contributed by atoms with Gasteiger partial charge >= 0.3 is 0 Å². The van der Waals surface area contributed by atoms with Crippen LogP contribution in [0.4, 0.5) is 0 Å². The maximum atomic E-state index is 11.8. The summed E-state index contributed by atoms with van der Waals surface area (Å²) in [5.74, 6) is 0.0282. The first-order valence-corrected chi connectivity index (χ1v) is 5.85. The van der Waals surface area contributed by atoms with E-state index in [4.69, 9.17) is 23.2 Å². The van der Waals surface area contributed by atoms with Crippen LogP contribution < -0.4 is 5.32 Å². The zero-order chi connectivity index (χ0) is 12.1. The largest absolute Gasteiger partial charge is 0.508 e. The standard InChI is InChI=1S/C11H13Cl2NO2/c1-2-7(6-12)14-11(16)9-5-8(15)3-4-10(9)13/h3-5,7,15H,2,6H2,1H3,(H,14,16). The molecule has 3 nitrogen and oxygen atoms in total. The molecule has 0 aromatic heterocycles. The second-order valence-electron chi connectivity index (χ2n) is 3.40. The molecule has 0 heterocycles. The van der Waals surface area contributed by atoms with Crippen molar-refractivity contribution in [1.29, 1.82) is 0 Å². The third kappa shape index (κ3) is 3.29. The minimum Gasteiger partial charge on any atom is -0.508 e. The van der Waals surface area contributed by atoms with E-state index in [2.05, 4.69) is 5.32 Å². The summed E-state index contributed by atoms with van der Waals surface area (Å²) >= 11 is 11.5. The Balaban J connectivity index is 2.83. The molecule has 0 aliphatic heterocycles. The molecular weight excluding hydrogens is 249 g/mol. The lowest BCUT2D eigenvalue weighted by atomic mass is 10.1. The number of nitrogens with one attached hydrogen (secondary N) is 1. The Morgan fingerprint density at radius 2 is 2.25 bits per heavy atom. The van der Waals surface area contributed by atoms with Gasteiger partial charge in [0, 0.05) is 11.9 Å². The van der Waals surface area contributed by atoms with Crippen LogP contribution in [0.5, 0.6) is 5.75 Å². The van der Waals surface area contributed by atoms with Gasteiger partial charge in [-0.2, -0.15) is 0 Å². The summed E-state index contributed by atoms with van der Waals surface area (Å²) in [6.07, 6.45) is 0.742. The molecule has 0 spiro atoms. The quantitative estimate of drug-likeness (QED) is 0.820. The van der Waals surface area contributed by atoms with E-state index in [1.54, 1.807) is 0 Å². The monoisotopic (exact) mass is 261 g/mol. The van der Waals surface area contributed by atoms with E-state index in [9.17, 15) is 9.90 Å². The van der Waals surface area contributed by atoms with Crippen molar-refractivity contribution in [3.05, 3.63) is 28.8 Å². The van der Waals surface area contributed by atoms with Crippen molar-refractivity contribution < 1.29 is 9.90 Å². The molecule has 1 atom stereocenters. The van der Waals surface area contributed by atoms with E-state index in [1.165, 1.54) is 18.2 Å². The van der Waals surface area contributed by atoms with Gasteiger partial charge in [-0.05, 0) is 24.6 Å². The molecule has 1 aromatic carbocycles. The van der Waals surface area contributed by atoms with E-state index in [-0.39, 0.29) is 23.3 Å². The SMILES string of the molecule is CCC(CCl)NC(=O)c1cc(O)ccc1Cl. The van der Waals surface area contributed by atoms with Gasteiger partial charge in [-0.25, -0.2) is 0 Å². The highest BCUT2D eigenvalue weighted by atomic mass is 35.5. The second kappa shape index (κ2) is 5.97. The molecule has 0 radical (unpaired) electrons. The van der Waals surface area contributed by atoms with Crippen molar-refractivity contribution in [3.63, 3.8) is 0 Å². The molecule has 0 aliphatic rings. The molecule has 0 aliphatic carbocycles. The lowest BCUT2D eigenvalue weighted by molar-refractivity contribution is 0.0939. The van der Waals surface area contributed by atoms with Crippen LogP contribution in [0, 0.1) is 0 Å². The van der Waals surface area contributed by atoms with E-state index in [1.807, 2.05) is 6.92 Å². The van der Waals surface area contributed by atoms with Gasteiger partial charge in [-0.3, -0.25) is 4.79 Å². The fourth-order valence-electron chi connectivity index (χ4n) is 1.20. The molecule has 16 heavy (non-hydrogen) atoms. The summed E-state index contributed by atoms with van der Waals surface area (Å²) in [7, 11) is 0. The number of amides is 1. The van der Waals surface area contributed by atoms with Crippen LogP contribution in [0.15, 0.2) is 18.2 Å². The zero-order valence-corrected chi connectivity index (χ0v) is 10.3. The minimum absolute atomic E-state index is 0.00784. The number of halogens is 2. The Morgan fingerprint density at radius 3 is 2.81 bits per heavy atom. The Kier molecular flexibility index (Phi) is 4.90. The number of aromatic hydroxyl groups is 1. The summed E-state index contributed by atoms with van der Waals surface area (Å²) in [5.41, 5.74) is 0.255. The molecule has 88 valence electrons. The van der Waals surface area contributed by atoms with Crippen LogP contribution in [-0.2, 0) is 0 Å². The number of hydrogen-bond donors (Lipinski definition) is 2. The average Bonchev–Trinajstić information content (AvgIpc) is 2.28. The minimum atomic E-state index is -0.326. The van der Waals surface area contributed by atoms with Gasteiger partial charge in [-0.15, -0.1) is 11.6 Å². The molecule has 0 saturated heterocycles. The van der Waals surface area contributed by atoms with Crippen molar-refractivity contribution in [2.75, 3.05) is 5.88 Å². The highest BCUT2D eigenvalue weighted by Gasteiger charge is 2.14. The molecule has 1 aromatic rings. The van der Waals surface area contributed by atoms with Gasteiger partial charge in [0.25, 0.3) is 5.91 Å². The maximum absolute atomic E-state index is 11.8. The van der Waals surface area contributed by atoms with Crippen LogP contribution >= 0.6 is 23.2 Å². The highest BCUT2D eigenvalue weighted by Crippen LogP contribution is 2.21. The van der Waals surface area contributed by atoms with E-state index < -0.39 is 0 Å². The van der Waals surface area contributed by atoms with Crippen molar-refractivity contribution in [3.8, 4) is 5.75 Å². The third-order valence-corrected chi connectivity index (χ3v) is 2.91. The fourth-order valence-corrected chi connectivity index (χ4v) is 1.70. The number of rotatable bonds is 4. The number of phenols is 1. The highest BCUT2D eigenvalue weighted by molar-refractivity contribution is 6.33. The number of benzene rings is 1. The van der Waals surface area contributed by atoms with Gasteiger partial charge in [-0.1, -0.05) is 18.5 Å². The maximum Gasteiger partial charge on any atom is 0.253 e. The summed E-state index contributed by atoms with van der Waals surface area (Å²) in [5, 5.41) is 12.3. The van der Waals surface area contributed by atoms with Gasteiger partial charge in [0.1, 0.15) is 5.75 Å². The first kappa shape index (κ1) is 13.1. The molecule has 1 amide bonds. The van der Waals surface area contributed by atoms with E-state index in [0.29, 0.717) is 10.9 Å². The summed E-state index contributed by atoms with van der Waals surface area (Å²) in [4.78, 5) is 11.8. The van der Waals surface area contributed by atoms with Crippen LogP contribution in [0.1, 0.15) is 23.7 Å². The van der Waals surface area contributed by atoms with Gasteiger partial charge in [0.2, 0.25) is 0 Å². The van der Waals surface area contributed by atoms with Crippen LogP contribution in [-0.4, -0.2) is 22.9 Å². The number of phenolic OH excluding ortho intramolecular Hbond substituents is 1. The lowest BCUT2D eigenvalue weighted by Crippen LogP contribution is -2.35. The van der Waals surface area contributed by atoms with Crippen LogP contribution in [0.25, 0.3) is 0 Å². The number of alkyl halides is 1. The lowest BCUT2D eigenvalue weighted by Gasteiger charge is -2.14.